The highest BCUT2D eigenvalue weighted by molar-refractivity contribution is 7.16. The van der Waals surface area contributed by atoms with Gasteiger partial charge in [-0.2, -0.15) is 0 Å². The van der Waals surface area contributed by atoms with Gasteiger partial charge in [0.1, 0.15) is 6.04 Å². The van der Waals surface area contributed by atoms with Crippen molar-refractivity contribution in [1.82, 2.24) is 9.88 Å². The van der Waals surface area contributed by atoms with E-state index in [0.29, 0.717) is 35.5 Å². The molecule has 1 aliphatic heterocycles. The molecule has 1 aromatic heterocycles. The highest BCUT2D eigenvalue weighted by Crippen LogP contribution is 2.37. The molecule has 1 fully saturated rings. The number of benzene rings is 1. The number of methoxy groups -OCH3 is 1. The summed E-state index contributed by atoms with van der Waals surface area (Å²) in [6, 6.07) is 4.57. The molecule has 0 aliphatic carbocycles. The maximum Gasteiger partial charge on any atom is 0.328 e. The van der Waals surface area contributed by atoms with Gasteiger partial charge in [0.2, 0.25) is 6.41 Å². The van der Waals surface area contributed by atoms with Crippen LogP contribution in [0.3, 0.4) is 0 Å². The van der Waals surface area contributed by atoms with Gasteiger partial charge in [-0.1, -0.05) is 43.1 Å². The van der Waals surface area contributed by atoms with Crippen molar-refractivity contribution in [1.29, 1.82) is 0 Å². The normalized spacial score (nSPS) is 16.0. The lowest BCUT2D eigenvalue weighted by atomic mass is 10.0. The molecule has 0 bridgehead atoms. The SMILES string of the molecule is CC(C)Cc1sc(N2CCN(C=O)C(C(=O)O)C2)nc1-c1ccc(Cl)c(Cl)c1.CCOC. The number of carbonyl (C=O) groups is 2. The summed E-state index contributed by atoms with van der Waals surface area (Å²) in [5, 5.41) is 11.2. The van der Waals surface area contributed by atoms with E-state index in [9.17, 15) is 14.7 Å². The van der Waals surface area contributed by atoms with Crippen molar-refractivity contribution >= 4 is 52.0 Å². The number of hydrogen-bond donors (Lipinski definition) is 1. The number of nitrogens with zero attached hydrogens (tertiary/aromatic N) is 3. The fourth-order valence-electron chi connectivity index (χ4n) is 3.17. The average molecular weight is 502 g/mol. The van der Waals surface area contributed by atoms with Gasteiger partial charge in [0.25, 0.3) is 0 Å². The molecule has 1 aromatic carbocycles. The Morgan fingerprint density at radius 3 is 2.56 bits per heavy atom. The van der Waals surface area contributed by atoms with Gasteiger partial charge in [0.05, 0.1) is 22.3 Å². The number of carboxylic acid groups (broad SMARTS) is 1. The van der Waals surface area contributed by atoms with Gasteiger partial charge in [0, 0.05) is 37.2 Å². The van der Waals surface area contributed by atoms with E-state index < -0.39 is 12.0 Å². The summed E-state index contributed by atoms with van der Waals surface area (Å²) in [4.78, 5) is 31.9. The van der Waals surface area contributed by atoms with Crippen molar-refractivity contribution in [3.05, 3.63) is 33.1 Å². The third-order valence-electron chi connectivity index (χ3n) is 4.87. The van der Waals surface area contributed by atoms with Crippen LogP contribution in [0.15, 0.2) is 18.2 Å². The smallest absolute Gasteiger partial charge is 0.328 e. The average Bonchev–Trinajstić information content (AvgIpc) is 3.18. The van der Waals surface area contributed by atoms with E-state index in [2.05, 4.69) is 18.6 Å². The number of ether oxygens (including phenoxy) is 1. The molecule has 1 aliphatic rings. The minimum atomic E-state index is -1.01. The van der Waals surface area contributed by atoms with Crippen LogP contribution in [0.5, 0.6) is 0 Å². The first-order valence-electron chi connectivity index (χ1n) is 10.3. The van der Waals surface area contributed by atoms with Crippen molar-refractivity contribution in [2.75, 3.05) is 38.3 Å². The van der Waals surface area contributed by atoms with Gasteiger partial charge >= 0.3 is 5.97 Å². The molecule has 1 atom stereocenters. The number of amides is 1. The summed E-state index contributed by atoms with van der Waals surface area (Å²) in [7, 11) is 1.68. The molecule has 0 radical (unpaired) electrons. The zero-order chi connectivity index (χ0) is 23.8. The first-order chi connectivity index (χ1) is 15.2. The van der Waals surface area contributed by atoms with Gasteiger partial charge in [-0.05, 0) is 31.4 Å². The second-order valence-corrected chi connectivity index (χ2v) is 9.59. The molecule has 176 valence electrons. The molecule has 7 nitrogen and oxygen atoms in total. The van der Waals surface area contributed by atoms with Crippen LogP contribution >= 0.6 is 34.5 Å². The van der Waals surface area contributed by atoms with E-state index in [4.69, 9.17) is 28.2 Å². The Balaban J connectivity index is 0.000000837. The monoisotopic (exact) mass is 501 g/mol. The van der Waals surface area contributed by atoms with E-state index in [1.54, 1.807) is 30.6 Å². The lowest BCUT2D eigenvalue weighted by molar-refractivity contribution is -0.146. The summed E-state index contributed by atoms with van der Waals surface area (Å²) in [6.07, 6.45) is 1.45. The summed E-state index contributed by atoms with van der Waals surface area (Å²) in [6.45, 7) is 8.16. The van der Waals surface area contributed by atoms with Crippen LogP contribution in [0.25, 0.3) is 11.3 Å². The van der Waals surface area contributed by atoms with Crippen molar-refractivity contribution in [3.63, 3.8) is 0 Å². The number of piperazine rings is 1. The molecule has 32 heavy (non-hydrogen) atoms. The molecule has 2 aromatic rings. The molecule has 1 amide bonds. The molecule has 10 heteroatoms. The van der Waals surface area contributed by atoms with E-state index >= 15 is 0 Å². The number of carbonyl (C=O) groups excluding carboxylic acids is 1. The van der Waals surface area contributed by atoms with E-state index in [1.165, 1.54) is 4.90 Å². The minimum absolute atomic E-state index is 0.212. The van der Waals surface area contributed by atoms with Crippen LogP contribution in [0, 0.1) is 5.92 Å². The quantitative estimate of drug-likeness (QED) is 0.553. The van der Waals surface area contributed by atoms with Gasteiger partial charge in [-0.3, -0.25) is 4.79 Å². The van der Waals surface area contributed by atoms with Gasteiger partial charge in [0.15, 0.2) is 5.13 Å². The van der Waals surface area contributed by atoms with Crippen LogP contribution in [0.2, 0.25) is 10.0 Å². The fraction of sp³-hybridized carbons (Fsp3) is 0.500. The first-order valence-corrected chi connectivity index (χ1v) is 11.9. The molecule has 3 rings (SSSR count). The summed E-state index contributed by atoms with van der Waals surface area (Å²) < 4.78 is 4.54. The number of hydrogen-bond acceptors (Lipinski definition) is 6. The molecule has 1 unspecified atom stereocenters. The standard InChI is InChI=1S/C19H21Cl2N3O3S.C3H8O/c1-11(2)7-16-17(12-3-4-13(20)14(21)8-12)22-19(28-16)23-5-6-24(10-25)15(9-23)18(26)27;1-3-4-2/h3-4,8,10-11,15H,5-7,9H2,1-2H3,(H,26,27);3H2,1-2H3. The number of rotatable bonds is 7. The third kappa shape index (κ3) is 6.81. The molecule has 0 spiro atoms. The number of thiazole rings is 1. The first kappa shape index (κ1) is 26.4. The Bertz CT molecular complexity index is 921. The Kier molecular flexibility index (Phi) is 10.2. The van der Waals surface area contributed by atoms with Crippen LogP contribution in [-0.4, -0.2) is 66.8 Å². The van der Waals surface area contributed by atoms with Gasteiger partial charge in [-0.25, -0.2) is 9.78 Å². The number of aliphatic carboxylic acids is 1. The summed E-state index contributed by atoms with van der Waals surface area (Å²) in [5.74, 6) is -0.575. The topological polar surface area (TPSA) is 83.0 Å². The maximum atomic E-state index is 11.5. The van der Waals surface area contributed by atoms with Crippen LogP contribution < -0.4 is 4.90 Å². The minimum Gasteiger partial charge on any atom is -0.480 e. The molecule has 0 saturated carbocycles. The second-order valence-electron chi connectivity index (χ2n) is 7.72. The predicted molar refractivity (Wildman–Crippen MR) is 130 cm³/mol. The number of aromatic nitrogens is 1. The molecule has 1 N–H and O–H groups in total. The molecular formula is C22H29Cl2N3O4S. The maximum absolute atomic E-state index is 11.5. The van der Waals surface area contributed by atoms with Crippen LogP contribution in [0.4, 0.5) is 5.13 Å². The van der Waals surface area contributed by atoms with E-state index in [-0.39, 0.29) is 6.54 Å². The second kappa shape index (κ2) is 12.4. The lowest BCUT2D eigenvalue weighted by Gasteiger charge is -2.37. The highest BCUT2D eigenvalue weighted by Gasteiger charge is 2.33. The van der Waals surface area contributed by atoms with Crippen LogP contribution in [0.1, 0.15) is 25.6 Å². The Morgan fingerprint density at radius 2 is 2.03 bits per heavy atom. The van der Waals surface area contributed by atoms with Crippen molar-refractivity contribution in [2.45, 2.75) is 33.2 Å². The van der Waals surface area contributed by atoms with Gasteiger partial charge in [-0.15, -0.1) is 11.3 Å². The zero-order valence-corrected chi connectivity index (χ0v) is 21.0. The fourth-order valence-corrected chi connectivity index (χ4v) is 4.80. The lowest BCUT2D eigenvalue weighted by Crippen LogP contribution is -2.56. The third-order valence-corrected chi connectivity index (χ3v) is 6.75. The molecule has 1 saturated heterocycles. The molecule has 2 heterocycles. The van der Waals surface area contributed by atoms with Crippen molar-refractivity contribution < 1.29 is 19.4 Å². The van der Waals surface area contributed by atoms with Crippen molar-refractivity contribution in [3.8, 4) is 11.3 Å². The molecular weight excluding hydrogens is 473 g/mol. The number of carboxylic acids is 1. The number of anilines is 1. The summed E-state index contributed by atoms with van der Waals surface area (Å²) >= 11 is 13.8. The van der Waals surface area contributed by atoms with Crippen LogP contribution in [-0.2, 0) is 20.7 Å². The van der Waals surface area contributed by atoms with E-state index in [1.807, 2.05) is 17.9 Å². The summed E-state index contributed by atoms with van der Waals surface area (Å²) in [5.41, 5.74) is 1.73. The zero-order valence-electron chi connectivity index (χ0n) is 18.7. The largest absolute Gasteiger partial charge is 0.480 e. The number of halogens is 2. The predicted octanol–water partition coefficient (Wildman–Crippen LogP) is 4.70. The van der Waals surface area contributed by atoms with Gasteiger partial charge < -0.3 is 19.6 Å². The Hall–Kier alpha value is -1.87. The Labute approximate surface area is 202 Å². The Morgan fingerprint density at radius 1 is 1.34 bits per heavy atom. The van der Waals surface area contributed by atoms with Crippen molar-refractivity contribution in [2.24, 2.45) is 5.92 Å². The van der Waals surface area contributed by atoms with E-state index in [0.717, 1.165) is 34.3 Å². The highest BCUT2D eigenvalue weighted by atomic mass is 35.5.